The van der Waals surface area contributed by atoms with Crippen molar-refractivity contribution in [2.45, 2.75) is 13.0 Å². The van der Waals surface area contributed by atoms with Gasteiger partial charge in [0, 0.05) is 0 Å². The molecular formula is C10H6F6O. The second-order valence-electron chi connectivity index (χ2n) is 3.10. The van der Waals surface area contributed by atoms with Crippen molar-refractivity contribution in [3.8, 4) is 5.75 Å². The zero-order valence-electron chi connectivity index (χ0n) is 8.41. The van der Waals surface area contributed by atoms with E-state index in [1.165, 1.54) is 6.92 Å². The second kappa shape index (κ2) is 4.68. The fraction of sp³-hybridized carbons (Fsp3) is 0.200. The summed E-state index contributed by atoms with van der Waals surface area (Å²) < 4.78 is 77.7. The van der Waals surface area contributed by atoms with E-state index < -0.39 is 29.6 Å². The van der Waals surface area contributed by atoms with Crippen molar-refractivity contribution < 1.29 is 31.1 Å². The van der Waals surface area contributed by atoms with Gasteiger partial charge in [0.15, 0.2) is 0 Å². The number of rotatable bonds is 3. The van der Waals surface area contributed by atoms with E-state index in [-0.39, 0.29) is 5.56 Å². The number of ether oxygens (including phenoxy) is 1. The molecule has 1 rings (SSSR count). The Kier molecular flexibility index (Phi) is 3.69. The highest BCUT2D eigenvalue weighted by Gasteiger charge is 2.42. The molecule has 17 heavy (non-hydrogen) atoms. The van der Waals surface area contributed by atoms with Crippen LogP contribution in [0.5, 0.6) is 5.75 Å². The third-order valence-electron chi connectivity index (χ3n) is 1.80. The Bertz CT molecular complexity index is 450. The van der Waals surface area contributed by atoms with Gasteiger partial charge in [-0.2, -0.15) is 22.0 Å². The molecule has 0 fully saturated rings. The zero-order valence-corrected chi connectivity index (χ0v) is 8.41. The summed E-state index contributed by atoms with van der Waals surface area (Å²) in [5.41, 5.74) is -0.0385. The molecule has 0 bridgehead atoms. The number of aryl methyl sites for hydroxylation is 1. The molecule has 1 nitrogen and oxygen atoms in total. The predicted molar refractivity (Wildman–Crippen MR) is 47.1 cm³/mol. The highest BCUT2D eigenvalue weighted by atomic mass is 19.3. The Balaban J connectivity index is 2.98. The first-order valence-corrected chi connectivity index (χ1v) is 4.28. The molecule has 0 aromatic heterocycles. The molecule has 0 amide bonds. The van der Waals surface area contributed by atoms with E-state index >= 15 is 0 Å². The van der Waals surface area contributed by atoms with Crippen LogP contribution in [0.3, 0.4) is 0 Å². The lowest BCUT2D eigenvalue weighted by Crippen LogP contribution is -2.26. The molecule has 0 radical (unpaired) electrons. The van der Waals surface area contributed by atoms with Gasteiger partial charge >= 0.3 is 12.2 Å². The predicted octanol–water partition coefficient (Wildman–Crippen LogP) is 4.18. The van der Waals surface area contributed by atoms with Crippen molar-refractivity contribution in [3.05, 3.63) is 41.5 Å². The maximum atomic E-state index is 12.8. The third-order valence-corrected chi connectivity index (χ3v) is 1.80. The Morgan fingerprint density at radius 3 is 2.24 bits per heavy atom. The van der Waals surface area contributed by atoms with Gasteiger partial charge in [0.05, 0.1) is 0 Å². The van der Waals surface area contributed by atoms with Crippen LogP contribution in [0.25, 0.3) is 0 Å². The molecule has 1 aromatic carbocycles. The minimum absolute atomic E-state index is 0.0385. The van der Waals surface area contributed by atoms with E-state index in [4.69, 9.17) is 0 Å². The van der Waals surface area contributed by atoms with Crippen molar-refractivity contribution in [2.24, 2.45) is 0 Å². The lowest BCUT2D eigenvalue weighted by molar-refractivity contribution is -0.159. The standard InChI is InChI=1S/C10H6F6O/c1-5-4-6(2-3-7(5)11)17-10(15,16)8(12)9(13)14/h2-4H,1H3. The van der Waals surface area contributed by atoms with E-state index in [0.29, 0.717) is 0 Å². The summed E-state index contributed by atoms with van der Waals surface area (Å²) in [7, 11) is 0. The second-order valence-corrected chi connectivity index (χ2v) is 3.10. The van der Waals surface area contributed by atoms with Crippen LogP contribution in [0.15, 0.2) is 30.1 Å². The number of hydrogen-bond donors (Lipinski definition) is 0. The van der Waals surface area contributed by atoms with Crippen molar-refractivity contribution in [1.29, 1.82) is 0 Å². The smallest absolute Gasteiger partial charge is 0.427 e. The van der Waals surface area contributed by atoms with Gasteiger partial charge in [-0.25, -0.2) is 4.39 Å². The fourth-order valence-corrected chi connectivity index (χ4v) is 0.983. The van der Waals surface area contributed by atoms with Crippen LogP contribution in [0.4, 0.5) is 26.3 Å². The zero-order chi connectivity index (χ0) is 13.2. The Hall–Kier alpha value is -1.66. The maximum absolute atomic E-state index is 12.8. The molecule has 0 aliphatic heterocycles. The fourth-order valence-electron chi connectivity index (χ4n) is 0.983. The molecule has 0 aliphatic rings. The molecule has 0 saturated carbocycles. The molecule has 0 saturated heterocycles. The monoisotopic (exact) mass is 256 g/mol. The first-order chi connectivity index (χ1) is 7.74. The Morgan fingerprint density at radius 1 is 1.18 bits per heavy atom. The molecule has 1 aromatic rings. The van der Waals surface area contributed by atoms with Crippen LogP contribution in [-0.2, 0) is 0 Å². The quantitative estimate of drug-likeness (QED) is 0.737. The van der Waals surface area contributed by atoms with Gasteiger partial charge in [0.25, 0.3) is 5.83 Å². The Morgan fingerprint density at radius 2 is 1.76 bits per heavy atom. The molecule has 0 N–H and O–H groups in total. The number of halogens is 6. The summed E-state index contributed by atoms with van der Waals surface area (Å²) in [5, 5.41) is 0. The largest absolute Gasteiger partial charge is 0.459 e. The Labute approximate surface area is 92.3 Å². The molecule has 0 heterocycles. The lowest BCUT2D eigenvalue weighted by Gasteiger charge is -2.15. The van der Waals surface area contributed by atoms with E-state index in [9.17, 15) is 26.3 Å². The maximum Gasteiger partial charge on any atom is 0.459 e. The summed E-state index contributed by atoms with van der Waals surface area (Å²) in [6, 6.07) is 2.42. The minimum Gasteiger partial charge on any atom is -0.427 e. The van der Waals surface area contributed by atoms with Gasteiger partial charge in [0.1, 0.15) is 11.6 Å². The van der Waals surface area contributed by atoms with Crippen molar-refractivity contribution >= 4 is 0 Å². The van der Waals surface area contributed by atoms with Crippen LogP contribution in [0, 0.1) is 12.7 Å². The van der Waals surface area contributed by atoms with Gasteiger partial charge in [-0.15, -0.1) is 0 Å². The SMILES string of the molecule is Cc1cc(OC(F)(F)C(F)=C(F)F)ccc1F. The van der Waals surface area contributed by atoms with Crippen LogP contribution in [0.2, 0.25) is 0 Å². The van der Waals surface area contributed by atoms with Crippen LogP contribution in [-0.4, -0.2) is 6.11 Å². The summed E-state index contributed by atoms with van der Waals surface area (Å²) in [6.45, 7) is 1.25. The third kappa shape index (κ3) is 3.15. The van der Waals surface area contributed by atoms with Crippen LogP contribution in [0.1, 0.15) is 5.56 Å². The molecule has 0 unspecified atom stereocenters. The summed E-state index contributed by atoms with van der Waals surface area (Å²) in [6.07, 6.45) is -7.96. The summed E-state index contributed by atoms with van der Waals surface area (Å²) in [5.74, 6) is -4.28. The number of hydrogen-bond acceptors (Lipinski definition) is 1. The molecule has 0 aliphatic carbocycles. The van der Waals surface area contributed by atoms with Crippen molar-refractivity contribution in [2.75, 3.05) is 0 Å². The number of benzene rings is 1. The van der Waals surface area contributed by atoms with Crippen molar-refractivity contribution in [1.82, 2.24) is 0 Å². The minimum atomic E-state index is -4.79. The molecule has 7 heteroatoms. The van der Waals surface area contributed by atoms with Crippen LogP contribution >= 0.6 is 0 Å². The average molecular weight is 256 g/mol. The highest BCUT2D eigenvalue weighted by molar-refractivity contribution is 5.29. The molecule has 0 atom stereocenters. The van der Waals surface area contributed by atoms with Gasteiger partial charge in [-0.1, -0.05) is 0 Å². The first-order valence-electron chi connectivity index (χ1n) is 4.28. The van der Waals surface area contributed by atoms with Gasteiger partial charge in [0.2, 0.25) is 0 Å². The lowest BCUT2D eigenvalue weighted by atomic mass is 10.2. The van der Waals surface area contributed by atoms with E-state index in [2.05, 4.69) is 4.74 Å². The normalized spacial score (nSPS) is 11.2. The molecule has 0 spiro atoms. The van der Waals surface area contributed by atoms with E-state index in [0.717, 1.165) is 18.2 Å². The van der Waals surface area contributed by atoms with Gasteiger partial charge in [-0.05, 0) is 30.7 Å². The topological polar surface area (TPSA) is 9.23 Å². The molecule has 94 valence electrons. The van der Waals surface area contributed by atoms with Crippen LogP contribution < -0.4 is 4.74 Å². The molecular weight excluding hydrogens is 250 g/mol. The van der Waals surface area contributed by atoms with E-state index in [1.807, 2.05) is 0 Å². The first kappa shape index (κ1) is 13.4. The van der Waals surface area contributed by atoms with Gasteiger partial charge < -0.3 is 4.74 Å². The van der Waals surface area contributed by atoms with Gasteiger partial charge in [-0.3, -0.25) is 0 Å². The summed E-state index contributed by atoms with van der Waals surface area (Å²) >= 11 is 0. The average Bonchev–Trinajstić information content (AvgIpc) is 2.22. The summed E-state index contributed by atoms with van der Waals surface area (Å²) in [4.78, 5) is 0. The highest BCUT2D eigenvalue weighted by Crippen LogP contribution is 2.32. The number of alkyl halides is 2. The van der Waals surface area contributed by atoms with E-state index in [1.54, 1.807) is 0 Å². The van der Waals surface area contributed by atoms with Crippen molar-refractivity contribution in [3.63, 3.8) is 0 Å².